The molecule has 184 valence electrons. The van der Waals surface area contributed by atoms with Gasteiger partial charge in [0.15, 0.2) is 5.84 Å². The van der Waals surface area contributed by atoms with Crippen molar-refractivity contribution < 1.29 is 4.39 Å². The van der Waals surface area contributed by atoms with Crippen LogP contribution in [0.1, 0.15) is 22.9 Å². The van der Waals surface area contributed by atoms with Gasteiger partial charge in [0.25, 0.3) is 0 Å². The van der Waals surface area contributed by atoms with Gasteiger partial charge in [-0.3, -0.25) is 10.1 Å². The molecule has 3 aromatic heterocycles. The molecule has 11 heteroatoms. The number of benzene rings is 1. The van der Waals surface area contributed by atoms with E-state index in [1.165, 1.54) is 12.1 Å². The van der Waals surface area contributed by atoms with E-state index in [2.05, 4.69) is 34.8 Å². The van der Waals surface area contributed by atoms with Crippen LogP contribution in [0.2, 0.25) is 0 Å². The van der Waals surface area contributed by atoms with Gasteiger partial charge in [0.05, 0.1) is 17.9 Å². The van der Waals surface area contributed by atoms with E-state index < -0.39 is 6.04 Å². The number of hydrogen-bond acceptors (Lipinski definition) is 6. The second-order valence-electron chi connectivity index (χ2n) is 8.61. The Hall–Kier alpha value is -4.38. The number of hydrogen-bond donors (Lipinski definition) is 3. The fourth-order valence-electron chi connectivity index (χ4n) is 4.28. The maximum absolute atomic E-state index is 13.2. The first-order valence-corrected chi connectivity index (χ1v) is 11.6. The highest BCUT2D eigenvalue weighted by molar-refractivity contribution is 6.01. The number of aryl methyl sites for hydroxylation is 1. The third-order valence-electron chi connectivity index (χ3n) is 6.26. The maximum atomic E-state index is 13.2. The zero-order chi connectivity index (χ0) is 25.1. The molecule has 0 aliphatic carbocycles. The lowest BCUT2D eigenvalue weighted by molar-refractivity contribution is 0.383. The average Bonchev–Trinajstić information content (AvgIpc) is 3.57. The summed E-state index contributed by atoms with van der Waals surface area (Å²) in [6.07, 6.45) is 10.2. The van der Waals surface area contributed by atoms with Crippen LogP contribution < -0.4 is 10.6 Å². The van der Waals surface area contributed by atoms with Crippen molar-refractivity contribution in [3.8, 4) is 11.1 Å². The van der Waals surface area contributed by atoms with Crippen molar-refractivity contribution in [2.75, 3.05) is 31.1 Å². The summed E-state index contributed by atoms with van der Waals surface area (Å²) in [4.78, 5) is 21.0. The lowest BCUT2D eigenvalue weighted by Gasteiger charge is -2.36. The van der Waals surface area contributed by atoms with Crippen LogP contribution in [0.3, 0.4) is 0 Å². The van der Waals surface area contributed by atoms with E-state index in [-0.39, 0.29) is 5.82 Å². The molecule has 0 bridgehead atoms. The summed E-state index contributed by atoms with van der Waals surface area (Å²) in [6.45, 7) is 2.81. The molecule has 5 rings (SSSR count). The molecule has 0 unspecified atom stereocenters. The SMILES string of the molecule is Cn1cc(-c2c[nH]c(/C(=N\C=N)N3CCN(c4ncc([C@H](N)c5ccc(F)cc5)cn4)CC3)c2)cn1. The summed E-state index contributed by atoms with van der Waals surface area (Å²) in [7, 11) is 1.88. The van der Waals surface area contributed by atoms with Crippen LogP contribution in [0.15, 0.2) is 66.3 Å². The molecule has 0 saturated carbocycles. The van der Waals surface area contributed by atoms with E-state index in [1.54, 1.807) is 29.2 Å². The number of nitrogens with zero attached hydrogens (tertiary/aromatic N) is 7. The molecule has 1 aromatic carbocycles. The Kier molecular flexibility index (Phi) is 6.54. The highest BCUT2D eigenvalue weighted by Crippen LogP contribution is 2.22. The van der Waals surface area contributed by atoms with Gasteiger partial charge in [-0.1, -0.05) is 12.1 Å². The molecule has 0 radical (unpaired) electrons. The van der Waals surface area contributed by atoms with Crippen molar-refractivity contribution in [2.45, 2.75) is 6.04 Å². The number of piperazine rings is 1. The van der Waals surface area contributed by atoms with Crippen LogP contribution >= 0.6 is 0 Å². The lowest BCUT2D eigenvalue weighted by Crippen LogP contribution is -2.49. The predicted molar refractivity (Wildman–Crippen MR) is 137 cm³/mol. The molecule has 1 atom stereocenters. The third-order valence-corrected chi connectivity index (χ3v) is 6.26. The Morgan fingerprint density at radius 1 is 1.08 bits per heavy atom. The van der Waals surface area contributed by atoms with E-state index in [0.717, 1.165) is 40.1 Å². The quantitative estimate of drug-likeness (QED) is 0.284. The topological polar surface area (TPSA) is 128 Å². The number of aromatic amines is 1. The van der Waals surface area contributed by atoms with E-state index in [0.29, 0.717) is 32.1 Å². The monoisotopic (exact) mass is 486 g/mol. The Morgan fingerprint density at radius 2 is 1.81 bits per heavy atom. The minimum Gasteiger partial charge on any atom is -0.358 e. The zero-order valence-corrected chi connectivity index (χ0v) is 19.8. The fraction of sp³-hybridized carbons (Fsp3) is 0.240. The van der Waals surface area contributed by atoms with Gasteiger partial charge in [-0.25, -0.2) is 19.4 Å². The van der Waals surface area contributed by atoms with Crippen LogP contribution in [0.25, 0.3) is 11.1 Å². The van der Waals surface area contributed by atoms with Gasteiger partial charge >= 0.3 is 0 Å². The number of aromatic nitrogens is 5. The van der Waals surface area contributed by atoms with Gasteiger partial charge < -0.3 is 20.5 Å². The van der Waals surface area contributed by atoms with Gasteiger partial charge in [-0.2, -0.15) is 5.10 Å². The van der Waals surface area contributed by atoms with Crippen molar-refractivity contribution in [2.24, 2.45) is 17.8 Å². The van der Waals surface area contributed by atoms with Crippen molar-refractivity contribution in [1.29, 1.82) is 5.41 Å². The molecular weight excluding hydrogens is 459 g/mol. The van der Waals surface area contributed by atoms with Crippen molar-refractivity contribution in [3.05, 3.63) is 84.0 Å². The van der Waals surface area contributed by atoms with Crippen LogP contribution in [0.4, 0.5) is 10.3 Å². The number of H-pyrrole nitrogens is 1. The molecular formula is C25H27FN10. The number of halogens is 1. The van der Waals surface area contributed by atoms with Gasteiger partial charge in [0.2, 0.25) is 5.95 Å². The summed E-state index contributed by atoms with van der Waals surface area (Å²) < 4.78 is 15.0. The van der Waals surface area contributed by atoms with E-state index >= 15 is 0 Å². The smallest absolute Gasteiger partial charge is 0.225 e. The summed E-state index contributed by atoms with van der Waals surface area (Å²) in [5.74, 6) is 1.06. The number of nitrogens with one attached hydrogen (secondary N) is 2. The van der Waals surface area contributed by atoms with Crippen LogP contribution in [-0.4, -0.2) is 68.0 Å². The Morgan fingerprint density at radius 3 is 2.44 bits per heavy atom. The summed E-state index contributed by atoms with van der Waals surface area (Å²) >= 11 is 0. The second-order valence-corrected chi connectivity index (χ2v) is 8.61. The normalized spacial score (nSPS) is 15.2. The van der Waals surface area contributed by atoms with E-state index in [9.17, 15) is 4.39 Å². The zero-order valence-electron chi connectivity index (χ0n) is 19.8. The molecule has 10 nitrogen and oxygen atoms in total. The second kappa shape index (κ2) is 10.1. The largest absolute Gasteiger partial charge is 0.358 e. The first-order chi connectivity index (χ1) is 17.5. The van der Waals surface area contributed by atoms with E-state index in [4.69, 9.17) is 11.1 Å². The number of rotatable bonds is 6. The maximum Gasteiger partial charge on any atom is 0.225 e. The van der Waals surface area contributed by atoms with Crippen molar-refractivity contribution in [3.63, 3.8) is 0 Å². The Bertz CT molecular complexity index is 1350. The third kappa shape index (κ3) is 4.86. The van der Waals surface area contributed by atoms with Crippen LogP contribution in [-0.2, 0) is 7.05 Å². The fourth-order valence-corrected chi connectivity index (χ4v) is 4.28. The molecule has 4 heterocycles. The number of aliphatic imine (C=N–C) groups is 1. The summed E-state index contributed by atoms with van der Waals surface area (Å²) in [5.41, 5.74) is 10.8. The number of anilines is 1. The Labute approximate surface area is 207 Å². The van der Waals surface area contributed by atoms with E-state index in [1.807, 2.05) is 31.7 Å². The standard InChI is InChI=1S/C25H27FN10/c1-34-15-20(14-33-34)18-10-22(29-11-18)24(32-16-27)35-6-8-36(9-7-35)25-30-12-19(13-31-25)23(28)17-2-4-21(26)5-3-17/h2-5,10-16,23,27,29H,6-9,28H2,1H3/b27-16?,32-24+/t23-/m1/s1. The van der Waals surface area contributed by atoms with Crippen LogP contribution in [0.5, 0.6) is 0 Å². The highest BCUT2D eigenvalue weighted by atomic mass is 19.1. The molecule has 1 aliphatic heterocycles. The first-order valence-electron chi connectivity index (χ1n) is 11.6. The highest BCUT2D eigenvalue weighted by Gasteiger charge is 2.23. The minimum atomic E-state index is -0.422. The predicted octanol–water partition coefficient (Wildman–Crippen LogP) is 2.57. The van der Waals surface area contributed by atoms with Gasteiger partial charge in [0, 0.05) is 74.7 Å². The molecule has 1 fully saturated rings. The molecule has 0 spiro atoms. The first kappa shape index (κ1) is 23.4. The molecule has 1 saturated heterocycles. The average molecular weight is 487 g/mol. The molecule has 0 amide bonds. The summed E-state index contributed by atoms with van der Waals surface area (Å²) in [5, 5.41) is 11.8. The summed E-state index contributed by atoms with van der Waals surface area (Å²) in [6, 6.07) is 7.74. The lowest BCUT2D eigenvalue weighted by atomic mass is 10.0. The number of amidine groups is 1. The van der Waals surface area contributed by atoms with Gasteiger partial charge in [-0.05, 0) is 23.8 Å². The molecule has 36 heavy (non-hydrogen) atoms. The Balaban J connectivity index is 1.24. The van der Waals surface area contributed by atoms with Crippen molar-refractivity contribution in [1.82, 2.24) is 29.6 Å². The van der Waals surface area contributed by atoms with Crippen LogP contribution in [0, 0.1) is 11.2 Å². The van der Waals surface area contributed by atoms with Gasteiger partial charge in [-0.15, -0.1) is 0 Å². The number of nitrogens with two attached hydrogens (primary N) is 1. The van der Waals surface area contributed by atoms with Crippen molar-refractivity contribution >= 4 is 18.1 Å². The molecule has 1 aliphatic rings. The minimum absolute atomic E-state index is 0.296. The molecule has 4 N–H and O–H groups in total. The van der Waals surface area contributed by atoms with Gasteiger partial charge in [0.1, 0.15) is 12.2 Å². The molecule has 4 aromatic rings.